The molecule has 5 nitrogen and oxygen atoms in total. The lowest BCUT2D eigenvalue weighted by Crippen LogP contribution is -2.17. The highest BCUT2D eigenvalue weighted by atomic mass is 16.5. The first kappa shape index (κ1) is 23.6. The van der Waals surface area contributed by atoms with Crippen LogP contribution in [0, 0.1) is 18.3 Å². The van der Waals surface area contributed by atoms with Crippen molar-refractivity contribution >= 4 is 0 Å². The molecule has 3 heterocycles. The van der Waals surface area contributed by atoms with Crippen LogP contribution in [0.5, 0.6) is 5.88 Å². The maximum Gasteiger partial charge on any atom is 0.216 e. The van der Waals surface area contributed by atoms with Gasteiger partial charge in [0.2, 0.25) is 5.88 Å². The summed E-state index contributed by atoms with van der Waals surface area (Å²) in [5, 5.41) is 9.52. The summed E-state index contributed by atoms with van der Waals surface area (Å²) >= 11 is 0. The third kappa shape index (κ3) is 5.42. The van der Waals surface area contributed by atoms with E-state index in [1.807, 2.05) is 69.6 Å². The summed E-state index contributed by atoms with van der Waals surface area (Å²) in [6, 6.07) is 20.1. The molecule has 0 aliphatic rings. The van der Waals surface area contributed by atoms with Crippen molar-refractivity contribution in [2.75, 3.05) is 7.11 Å². The highest BCUT2D eigenvalue weighted by Crippen LogP contribution is 2.45. The summed E-state index contributed by atoms with van der Waals surface area (Å²) in [5.74, 6) is 0.300. The second-order valence-corrected chi connectivity index (χ2v) is 7.38. The molecule has 0 saturated carbocycles. The van der Waals surface area contributed by atoms with Gasteiger partial charge < -0.3 is 4.74 Å². The molecule has 1 unspecified atom stereocenters. The first-order valence-corrected chi connectivity index (χ1v) is 11.0. The largest absolute Gasteiger partial charge is 0.481 e. The molecule has 4 rings (SSSR count). The van der Waals surface area contributed by atoms with Crippen molar-refractivity contribution in [2.45, 2.75) is 32.6 Å². The number of benzene rings is 1. The fraction of sp³-hybridized carbons (Fsp3) is 0.214. The van der Waals surface area contributed by atoms with Crippen molar-refractivity contribution in [1.29, 1.82) is 5.26 Å². The lowest BCUT2D eigenvalue weighted by atomic mass is 9.74. The molecule has 0 radical (unpaired) electrons. The van der Waals surface area contributed by atoms with E-state index in [9.17, 15) is 5.26 Å². The van der Waals surface area contributed by atoms with E-state index in [0.29, 0.717) is 11.4 Å². The molecule has 33 heavy (non-hydrogen) atoms. The summed E-state index contributed by atoms with van der Waals surface area (Å²) < 4.78 is 5.67. The lowest BCUT2D eigenvalue weighted by molar-refractivity contribution is 0.388. The van der Waals surface area contributed by atoms with Crippen LogP contribution in [-0.2, 0) is 0 Å². The van der Waals surface area contributed by atoms with Gasteiger partial charge >= 0.3 is 0 Å². The van der Waals surface area contributed by atoms with Gasteiger partial charge in [-0.25, -0.2) is 4.98 Å². The first-order chi connectivity index (χ1) is 16.2. The normalized spacial score (nSPS) is 11.2. The van der Waals surface area contributed by atoms with Crippen LogP contribution >= 0.6 is 0 Å². The number of hydrogen-bond donors (Lipinski definition) is 0. The molecule has 0 bridgehead atoms. The molecule has 0 spiro atoms. The minimum absolute atomic E-state index is 0.103. The van der Waals surface area contributed by atoms with Gasteiger partial charge in [0.1, 0.15) is 0 Å². The highest BCUT2D eigenvalue weighted by Gasteiger charge is 2.31. The van der Waals surface area contributed by atoms with Crippen LogP contribution in [-0.4, -0.2) is 22.1 Å². The number of aryl methyl sites for hydroxylation is 1. The summed E-state index contributed by atoms with van der Waals surface area (Å²) in [4.78, 5) is 13.3. The minimum atomic E-state index is -0.163. The number of rotatable bonds is 6. The van der Waals surface area contributed by atoms with E-state index < -0.39 is 0 Å². The summed E-state index contributed by atoms with van der Waals surface area (Å²) in [6.07, 6.45) is 9.10. The maximum absolute atomic E-state index is 9.52. The predicted octanol–water partition coefficient (Wildman–Crippen LogP) is 6.05. The average molecular weight is 437 g/mol. The van der Waals surface area contributed by atoms with E-state index in [4.69, 9.17) is 4.74 Å². The maximum atomic E-state index is 9.52. The average Bonchev–Trinajstić information content (AvgIpc) is 2.89. The number of pyridine rings is 3. The lowest BCUT2D eigenvalue weighted by Gasteiger charge is -2.30. The quantitative estimate of drug-likeness (QED) is 0.368. The van der Waals surface area contributed by atoms with E-state index in [-0.39, 0.29) is 11.8 Å². The molecule has 1 aromatic carbocycles. The molecule has 0 aliphatic carbocycles. The smallest absolute Gasteiger partial charge is 0.216 e. The van der Waals surface area contributed by atoms with E-state index in [2.05, 4.69) is 39.2 Å². The van der Waals surface area contributed by atoms with Gasteiger partial charge in [-0.15, -0.1) is 0 Å². The summed E-state index contributed by atoms with van der Waals surface area (Å²) in [7, 11) is 1.63. The Kier molecular flexibility index (Phi) is 8.26. The number of nitrogens with zero attached hydrogens (tertiary/aromatic N) is 4. The zero-order valence-electron chi connectivity index (χ0n) is 19.4. The number of ether oxygens (including phenoxy) is 1. The Morgan fingerprint density at radius 1 is 0.818 bits per heavy atom. The molecule has 166 valence electrons. The molecule has 0 aliphatic heterocycles. The van der Waals surface area contributed by atoms with Crippen molar-refractivity contribution in [3.63, 3.8) is 0 Å². The van der Waals surface area contributed by atoms with Crippen molar-refractivity contribution in [3.05, 3.63) is 119 Å². The topological polar surface area (TPSA) is 71.7 Å². The van der Waals surface area contributed by atoms with Gasteiger partial charge in [0.05, 0.1) is 18.7 Å². The van der Waals surface area contributed by atoms with Gasteiger partial charge in [-0.2, -0.15) is 5.26 Å². The second-order valence-electron chi connectivity index (χ2n) is 7.38. The Morgan fingerprint density at radius 2 is 1.45 bits per heavy atom. The Hall–Kier alpha value is -4.04. The predicted molar refractivity (Wildman–Crippen MR) is 130 cm³/mol. The highest BCUT2D eigenvalue weighted by molar-refractivity contribution is 5.49. The van der Waals surface area contributed by atoms with Crippen LogP contribution in [0.3, 0.4) is 0 Å². The number of aromatic nitrogens is 3. The number of methoxy groups -OCH3 is 1. The van der Waals surface area contributed by atoms with Crippen molar-refractivity contribution in [1.82, 2.24) is 15.0 Å². The van der Waals surface area contributed by atoms with Crippen LogP contribution in [0.4, 0.5) is 0 Å². The van der Waals surface area contributed by atoms with Crippen LogP contribution in [0.2, 0.25) is 0 Å². The van der Waals surface area contributed by atoms with Crippen LogP contribution in [0.25, 0.3) is 0 Å². The zero-order chi connectivity index (χ0) is 23.6. The van der Waals surface area contributed by atoms with Crippen LogP contribution < -0.4 is 4.74 Å². The second kappa shape index (κ2) is 11.5. The van der Waals surface area contributed by atoms with Gasteiger partial charge in [-0.1, -0.05) is 38.1 Å². The molecule has 1 atom stereocenters. The monoisotopic (exact) mass is 436 g/mol. The van der Waals surface area contributed by atoms with E-state index in [0.717, 1.165) is 27.8 Å². The minimum Gasteiger partial charge on any atom is -0.481 e. The fourth-order valence-corrected chi connectivity index (χ4v) is 4.02. The summed E-state index contributed by atoms with van der Waals surface area (Å²) in [6.45, 7) is 6.02. The molecule has 0 N–H and O–H groups in total. The number of hydrogen-bond acceptors (Lipinski definition) is 5. The molecular formula is C28H28N4O. The van der Waals surface area contributed by atoms with Crippen molar-refractivity contribution < 1.29 is 4.74 Å². The Bertz CT molecular complexity index is 1160. The third-order valence-electron chi connectivity index (χ3n) is 5.34. The molecule has 0 fully saturated rings. The molecule has 4 aromatic rings. The standard InChI is InChI=1S/C26H22N4O.C2H6/c1-18-12-23(26(31-2)30-15-18)25(20-7-3-6-19(13-20)14-27)24(21-8-4-10-28-16-21)22-9-5-11-29-17-22;1-2/h3-13,15-17,24-25H,1-2H3;1-2H3. The fourth-order valence-electron chi connectivity index (χ4n) is 4.02. The van der Waals surface area contributed by atoms with E-state index in [1.165, 1.54) is 0 Å². The zero-order valence-corrected chi connectivity index (χ0v) is 19.4. The Balaban J connectivity index is 0.00000149. The van der Waals surface area contributed by atoms with E-state index >= 15 is 0 Å². The van der Waals surface area contributed by atoms with Gasteiger partial charge in [-0.3, -0.25) is 9.97 Å². The SMILES string of the molecule is CC.COc1ncc(C)cc1C(c1cccc(C#N)c1)C(c1cccnc1)c1cccnc1. The summed E-state index contributed by atoms with van der Waals surface area (Å²) in [5.41, 5.74) is 5.70. The van der Waals surface area contributed by atoms with Crippen LogP contribution in [0.1, 0.15) is 59.1 Å². The van der Waals surface area contributed by atoms with E-state index in [1.54, 1.807) is 25.7 Å². The van der Waals surface area contributed by atoms with Crippen molar-refractivity contribution in [3.8, 4) is 11.9 Å². The van der Waals surface area contributed by atoms with Gasteiger partial charge in [-0.05, 0) is 59.5 Å². The van der Waals surface area contributed by atoms with Gasteiger partial charge in [0.15, 0.2) is 0 Å². The number of nitriles is 1. The Labute approximate surface area is 195 Å². The molecule has 0 amide bonds. The Morgan fingerprint density at radius 3 is 2.00 bits per heavy atom. The first-order valence-electron chi connectivity index (χ1n) is 11.0. The van der Waals surface area contributed by atoms with Crippen molar-refractivity contribution in [2.24, 2.45) is 0 Å². The molecule has 3 aromatic heterocycles. The molecule has 5 heteroatoms. The third-order valence-corrected chi connectivity index (χ3v) is 5.34. The molecular weight excluding hydrogens is 408 g/mol. The van der Waals surface area contributed by atoms with Gasteiger partial charge in [0, 0.05) is 48.4 Å². The van der Waals surface area contributed by atoms with Gasteiger partial charge in [0.25, 0.3) is 0 Å². The van der Waals surface area contributed by atoms with Crippen LogP contribution in [0.15, 0.2) is 85.6 Å². The molecule has 0 saturated heterocycles.